The van der Waals surface area contributed by atoms with Crippen LogP contribution in [0.5, 0.6) is 5.75 Å². The molecule has 1 atom stereocenters. The number of ether oxygens (including phenoxy) is 1. The molecule has 0 aliphatic carbocycles. The minimum atomic E-state index is -4.87. The highest BCUT2D eigenvalue weighted by Gasteiger charge is 2.39. The summed E-state index contributed by atoms with van der Waals surface area (Å²) in [5.74, 6) is -1.57. The summed E-state index contributed by atoms with van der Waals surface area (Å²) >= 11 is 0. The van der Waals surface area contributed by atoms with Crippen molar-refractivity contribution in [3.8, 4) is 5.75 Å². The van der Waals surface area contributed by atoms with E-state index in [1.54, 1.807) is 12.1 Å². The van der Waals surface area contributed by atoms with E-state index in [2.05, 4.69) is 10.2 Å². The second kappa shape index (κ2) is 8.87. The minimum Gasteiger partial charge on any atom is -0.491 e. The number of aromatic amines is 1. The number of hydrogen-bond acceptors (Lipinski definition) is 4. The van der Waals surface area contributed by atoms with Crippen LogP contribution in [-0.4, -0.2) is 36.6 Å². The monoisotopic (exact) mass is 447 g/mol. The molecule has 1 heterocycles. The lowest BCUT2D eigenvalue weighted by Gasteiger charge is -2.27. The van der Waals surface area contributed by atoms with E-state index < -0.39 is 27.4 Å². The molecular formula is C20H28F3N3O3S. The van der Waals surface area contributed by atoms with Crippen molar-refractivity contribution in [2.75, 3.05) is 10.1 Å². The van der Waals surface area contributed by atoms with Crippen molar-refractivity contribution >= 4 is 15.7 Å². The van der Waals surface area contributed by atoms with Crippen LogP contribution in [0, 0.1) is 0 Å². The molecule has 6 nitrogen and oxygen atoms in total. The molecule has 0 fully saturated rings. The van der Waals surface area contributed by atoms with Gasteiger partial charge in [0, 0.05) is 22.7 Å². The molecule has 1 N–H and O–H groups in total. The highest BCUT2D eigenvalue weighted by Crippen LogP contribution is 2.31. The summed E-state index contributed by atoms with van der Waals surface area (Å²) in [5.41, 5.74) is 0.858. The van der Waals surface area contributed by atoms with Gasteiger partial charge in [-0.1, -0.05) is 33.8 Å². The van der Waals surface area contributed by atoms with Gasteiger partial charge in [-0.3, -0.25) is 9.40 Å². The van der Waals surface area contributed by atoms with Crippen molar-refractivity contribution in [3.63, 3.8) is 0 Å². The van der Waals surface area contributed by atoms with Gasteiger partial charge in [-0.2, -0.15) is 18.3 Å². The molecule has 0 spiro atoms. The first kappa shape index (κ1) is 24.0. The summed E-state index contributed by atoms with van der Waals surface area (Å²) in [6.07, 6.45) is -2.83. The van der Waals surface area contributed by atoms with Gasteiger partial charge in [0.2, 0.25) is 10.0 Å². The van der Waals surface area contributed by atoms with E-state index in [1.807, 2.05) is 34.6 Å². The molecule has 0 bridgehead atoms. The fraction of sp³-hybridized carbons (Fsp3) is 0.550. The summed E-state index contributed by atoms with van der Waals surface area (Å²) < 4.78 is 71.1. The number of nitrogens with one attached hydrogen (secondary N) is 1. The number of alkyl halides is 3. The third-order valence-corrected chi connectivity index (χ3v) is 6.19. The van der Waals surface area contributed by atoms with Gasteiger partial charge in [-0.15, -0.1) is 0 Å². The Kier molecular flexibility index (Phi) is 7.11. The Hall–Kier alpha value is -2.23. The Morgan fingerprint density at radius 3 is 2.47 bits per heavy atom. The van der Waals surface area contributed by atoms with Crippen molar-refractivity contribution in [2.45, 2.75) is 65.3 Å². The molecule has 10 heteroatoms. The van der Waals surface area contributed by atoms with E-state index >= 15 is 0 Å². The smallest absolute Gasteiger partial charge is 0.404 e. The van der Waals surface area contributed by atoms with Crippen LogP contribution in [-0.2, 0) is 22.0 Å². The molecule has 0 radical (unpaired) electrons. The van der Waals surface area contributed by atoms with Gasteiger partial charge in [-0.25, -0.2) is 8.42 Å². The minimum absolute atomic E-state index is 0.0983. The number of sulfonamides is 1. The highest BCUT2D eigenvalue weighted by atomic mass is 32.2. The van der Waals surface area contributed by atoms with E-state index in [4.69, 9.17) is 4.74 Å². The number of aromatic nitrogens is 2. The molecule has 2 aromatic rings. The zero-order valence-corrected chi connectivity index (χ0v) is 18.6. The molecule has 2 rings (SSSR count). The quantitative estimate of drug-likeness (QED) is 0.632. The second-order valence-corrected chi connectivity index (χ2v) is 10.1. The van der Waals surface area contributed by atoms with E-state index in [9.17, 15) is 21.6 Å². The van der Waals surface area contributed by atoms with Crippen molar-refractivity contribution in [1.29, 1.82) is 0 Å². The molecular weight excluding hydrogens is 419 g/mol. The zero-order chi connectivity index (χ0) is 22.7. The first-order chi connectivity index (χ1) is 13.7. The number of rotatable bonds is 8. The zero-order valence-electron chi connectivity index (χ0n) is 17.7. The third-order valence-electron chi connectivity index (χ3n) is 4.48. The van der Waals surface area contributed by atoms with E-state index in [0.29, 0.717) is 17.0 Å². The first-order valence-corrected chi connectivity index (χ1v) is 11.2. The third kappa shape index (κ3) is 6.38. The standard InChI is InChI=1S/C20H28F3N3O3S/c1-6-14(2)29-17-9-7-8-16(10-17)26(30(27,28)13-20(21,22)23)12-15-11-24-25-18(15)19(3,4)5/h7-11,14H,6,12-13H2,1-5H3,(H,24,25). The fourth-order valence-corrected chi connectivity index (χ4v) is 4.24. The molecule has 30 heavy (non-hydrogen) atoms. The van der Waals surface area contributed by atoms with Crippen LogP contribution in [0.3, 0.4) is 0 Å². The van der Waals surface area contributed by atoms with Crippen LogP contribution in [0.25, 0.3) is 0 Å². The van der Waals surface area contributed by atoms with Gasteiger partial charge in [0.1, 0.15) is 5.75 Å². The number of benzene rings is 1. The molecule has 168 valence electrons. The lowest BCUT2D eigenvalue weighted by atomic mass is 9.89. The van der Waals surface area contributed by atoms with Crippen LogP contribution >= 0.6 is 0 Å². The summed E-state index contributed by atoms with van der Waals surface area (Å²) in [5, 5.41) is 6.80. The van der Waals surface area contributed by atoms with E-state index in [-0.39, 0.29) is 18.3 Å². The maximum absolute atomic E-state index is 13.0. The number of nitrogens with zero attached hydrogens (tertiary/aromatic N) is 2. The topological polar surface area (TPSA) is 75.3 Å². The summed E-state index contributed by atoms with van der Waals surface area (Å²) in [4.78, 5) is 0. The average molecular weight is 448 g/mol. The predicted octanol–water partition coefficient (Wildman–Crippen LogP) is 4.78. The normalized spacial score (nSPS) is 13.9. The molecule has 1 aromatic carbocycles. The molecule has 0 aliphatic rings. The Morgan fingerprint density at radius 1 is 1.23 bits per heavy atom. The predicted molar refractivity (Wildman–Crippen MR) is 110 cm³/mol. The van der Waals surface area contributed by atoms with Crippen molar-refractivity contribution in [2.24, 2.45) is 0 Å². The van der Waals surface area contributed by atoms with Crippen LogP contribution in [0.15, 0.2) is 30.5 Å². The molecule has 1 aromatic heterocycles. The fourth-order valence-electron chi connectivity index (χ4n) is 2.90. The second-order valence-electron chi connectivity index (χ2n) is 8.23. The maximum Gasteiger partial charge on any atom is 0.404 e. The van der Waals surface area contributed by atoms with Crippen LogP contribution < -0.4 is 9.04 Å². The number of halogens is 3. The highest BCUT2D eigenvalue weighted by molar-refractivity contribution is 7.92. The van der Waals surface area contributed by atoms with E-state index in [1.165, 1.54) is 18.3 Å². The molecule has 0 saturated heterocycles. The Bertz CT molecular complexity index is 950. The summed E-state index contributed by atoms with van der Waals surface area (Å²) in [6, 6.07) is 6.09. The lowest BCUT2D eigenvalue weighted by molar-refractivity contribution is -0.106. The van der Waals surface area contributed by atoms with Crippen LogP contribution in [0.1, 0.15) is 52.3 Å². The number of anilines is 1. The Morgan fingerprint density at radius 2 is 1.90 bits per heavy atom. The number of H-pyrrole nitrogens is 1. The van der Waals surface area contributed by atoms with Gasteiger partial charge in [0.25, 0.3) is 0 Å². The molecule has 0 amide bonds. The number of hydrogen-bond donors (Lipinski definition) is 1. The Balaban J connectivity index is 2.51. The molecule has 1 unspecified atom stereocenters. The first-order valence-electron chi connectivity index (χ1n) is 9.59. The van der Waals surface area contributed by atoms with Gasteiger partial charge in [0.05, 0.1) is 24.5 Å². The van der Waals surface area contributed by atoms with Crippen LogP contribution in [0.2, 0.25) is 0 Å². The van der Waals surface area contributed by atoms with Crippen molar-refractivity contribution in [1.82, 2.24) is 10.2 Å². The van der Waals surface area contributed by atoms with Crippen LogP contribution in [0.4, 0.5) is 18.9 Å². The van der Waals surface area contributed by atoms with Crippen molar-refractivity contribution < 1.29 is 26.3 Å². The van der Waals surface area contributed by atoms with Gasteiger partial charge in [-0.05, 0) is 25.5 Å². The van der Waals surface area contributed by atoms with Gasteiger partial charge >= 0.3 is 6.18 Å². The summed E-state index contributed by atoms with van der Waals surface area (Å²) in [7, 11) is -4.71. The SMILES string of the molecule is CCC(C)Oc1cccc(N(Cc2cn[nH]c2C(C)(C)C)S(=O)(=O)CC(F)(F)F)c1. The van der Waals surface area contributed by atoms with Gasteiger partial charge < -0.3 is 4.74 Å². The molecule has 0 saturated carbocycles. The Labute approximate surface area is 175 Å². The summed E-state index contributed by atoms with van der Waals surface area (Å²) in [6.45, 7) is 9.21. The van der Waals surface area contributed by atoms with Crippen molar-refractivity contribution in [3.05, 3.63) is 41.7 Å². The molecule has 0 aliphatic heterocycles. The lowest BCUT2D eigenvalue weighted by Crippen LogP contribution is -2.38. The average Bonchev–Trinajstić information content (AvgIpc) is 3.06. The maximum atomic E-state index is 13.0. The van der Waals surface area contributed by atoms with Gasteiger partial charge in [0.15, 0.2) is 5.75 Å². The van der Waals surface area contributed by atoms with E-state index in [0.717, 1.165) is 10.7 Å². The largest absolute Gasteiger partial charge is 0.491 e.